The van der Waals surface area contributed by atoms with E-state index >= 15 is 0 Å². The zero-order valence-corrected chi connectivity index (χ0v) is 18.4. The van der Waals surface area contributed by atoms with Gasteiger partial charge in [-0.1, -0.05) is 55.8 Å². The molecule has 0 aliphatic carbocycles. The number of carbonyl (C=O) groups is 2. The molecule has 168 valence electrons. The number of nitro benzene ring substituents is 1. The molecular weight excluding hydrogens is 410 g/mol. The Balaban J connectivity index is 2.18. The van der Waals surface area contributed by atoms with Crippen LogP contribution in [0.3, 0.4) is 0 Å². The Morgan fingerprint density at radius 2 is 1.72 bits per heavy atom. The van der Waals surface area contributed by atoms with Crippen LogP contribution in [0.15, 0.2) is 54.1 Å². The van der Waals surface area contributed by atoms with Crippen molar-refractivity contribution in [2.75, 3.05) is 26.2 Å². The number of likely N-dealkylation sites (N-methyl/N-ethyl adjacent to an activating group) is 1. The predicted molar refractivity (Wildman–Crippen MR) is 121 cm³/mol. The summed E-state index contributed by atoms with van der Waals surface area (Å²) >= 11 is 0. The molecule has 2 aromatic carbocycles. The van der Waals surface area contributed by atoms with Gasteiger partial charge in [-0.2, -0.15) is 0 Å². The number of nitrogens with zero attached hydrogens (tertiary/aromatic N) is 3. The highest BCUT2D eigenvalue weighted by atomic mass is 16.6. The maximum Gasteiger partial charge on any atom is 0.295 e. The van der Waals surface area contributed by atoms with Gasteiger partial charge in [-0.3, -0.25) is 19.7 Å². The van der Waals surface area contributed by atoms with Crippen molar-refractivity contribution in [2.45, 2.75) is 26.8 Å². The van der Waals surface area contributed by atoms with Crippen LogP contribution in [-0.4, -0.2) is 57.7 Å². The second-order valence-corrected chi connectivity index (χ2v) is 7.70. The van der Waals surface area contributed by atoms with Crippen LogP contribution in [0.25, 0.3) is 5.76 Å². The van der Waals surface area contributed by atoms with Crippen molar-refractivity contribution < 1.29 is 19.6 Å². The largest absolute Gasteiger partial charge is 0.507 e. The van der Waals surface area contributed by atoms with Crippen molar-refractivity contribution in [2.24, 2.45) is 0 Å². The van der Waals surface area contributed by atoms with Crippen molar-refractivity contribution in [1.82, 2.24) is 9.80 Å². The minimum atomic E-state index is -1.05. The van der Waals surface area contributed by atoms with Gasteiger partial charge < -0.3 is 14.9 Å². The van der Waals surface area contributed by atoms with E-state index in [0.717, 1.165) is 18.7 Å². The van der Waals surface area contributed by atoms with E-state index in [0.29, 0.717) is 12.1 Å². The van der Waals surface area contributed by atoms with Crippen LogP contribution in [0.2, 0.25) is 0 Å². The van der Waals surface area contributed by atoms with Crippen LogP contribution in [0.1, 0.15) is 36.6 Å². The number of para-hydroxylation sites is 1. The number of amides is 1. The lowest BCUT2D eigenvalue weighted by atomic mass is 9.94. The summed E-state index contributed by atoms with van der Waals surface area (Å²) in [5, 5.41) is 22.8. The number of nitro groups is 1. The Kier molecular flexibility index (Phi) is 7.05. The quantitative estimate of drug-likeness (QED) is 0.222. The van der Waals surface area contributed by atoms with Crippen molar-refractivity contribution in [1.29, 1.82) is 0 Å². The number of ketones is 1. The molecule has 2 aromatic rings. The standard InChI is InChI=1S/C24H27N3O5/c1-4-25(5-2)14-15-26-21(18-8-6-7-9-19(18)27(31)32)20(23(29)24(26)30)22(28)17-12-10-16(3)11-13-17/h6-13,21,28H,4-5,14-15H2,1-3H3/b22-20-/t21-/m1/s1. The van der Waals surface area contributed by atoms with Crippen LogP contribution in [0.4, 0.5) is 5.69 Å². The highest BCUT2D eigenvalue weighted by Gasteiger charge is 2.47. The molecule has 32 heavy (non-hydrogen) atoms. The number of carbonyl (C=O) groups excluding carboxylic acids is 2. The van der Waals surface area contributed by atoms with Crippen molar-refractivity contribution in [3.05, 3.63) is 80.9 Å². The molecule has 1 heterocycles. The number of hydrogen-bond donors (Lipinski definition) is 1. The molecule has 1 aliphatic rings. The van der Waals surface area contributed by atoms with Gasteiger partial charge in [0, 0.05) is 24.7 Å². The number of benzene rings is 2. The fraction of sp³-hybridized carbons (Fsp3) is 0.333. The summed E-state index contributed by atoms with van der Waals surface area (Å²) in [5.74, 6) is -1.95. The summed E-state index contributed by atoms with van der Waals surface area (Å²) in [5.41, 5.74) is 1.21. The monoisotopic (exact) mass is 437 g/mol. The number of hydrogen-bond acceptors (Lipinski definition) is 6. The molecule has 1 atom stereocenters. The number of aliphatic hydroxyl groups excluding tert-OH is 1. The lowest BCUT2D eigenvalue weighted by Crippen LogP contribution is -2.38. The Hall–Kier alpha value is -3.52. The Labute approximate surface area is 186 Å². The van der Waals surface area contributed by atoms with E-state index in [2.05, 4.69) is 4.90 Å². The summed E-state index contributed by atoms with van der Waals surface area (Å²) in [4.78, 5) is 40.7. The molecule has 1 amide bonds. The fourth-order valence-corrected chi connectivity index (χ4v) is 3.97. The average Bonchev–Trinajstić information content (AvgIpc) is 3.04. The Bertz CT molecular complexity index is 1060. The van der Waals surface area contributed by atoms with Crippen molar-refractivity contribution in [3.63, 3.8) is 0 Å². The number of aliphatic hydroxyl groups is 1. The van der Waals surface area contributed by atoms with E-state index in [4.69, 9.17) is 0 Å². The third kappa shape index (κ3) is 4.40. The molecule has 1 aliphatic heterocycles. The molecule has 0 spiro atoms. The van der Waals surface area contributed by atoms with E-state index in [-0.39, 0.29) is 29.1 Å². The van der Waals surface area contributed by atoms with Gasteiger partial charge in [-0.05, 0) is 26.1 Å². The van der Waals surface area contributed by atoms with Gasteiger partial charge in [0.15, 0.2) is 0 Å². The second kappa shape index (κ2) is 9.74. The molecule has 8 nitrogen and oxygen atoms in total. The van der Waals surface area contributed by atoms with Crippen LogP contribution < -0.4 is 0 Å². The van der Waals surface area contributed by atoms with Gasteiger partial charge in [-0.25, -0.2) is 0 Å². The third-order valence-electron chi connectivity index (χ3n) is 5.84. The summed E-state index contributed by atoms with van der Waals surface area (Å²) in [6.07, 6.45) is 0. The molecule has 0 aromatic heterocycles. The van der Waals surface area contributed by atoms with E-state index in [1.807, 2.05) is 20.8 Å². The van der Waals surface area contributed by atoms with Crippen molar-refractivity contribution >= 4 is 23.1 Å². The first kappa shape index (κ1) is 23.1. The van der Waals surface area contributed by atoms with E-state index in [1.165, 1.54) is 23.1 Å². The molecule has 0 saturated carbocycles. The van der Waals surface area contributed by atoms with Gasteiger partial charge >= 0.3 is 0 Å². The maximum absolute atomic E-state index is 13.1. The highest BCUT2D eigenvalue weighted by Crippen LogP contribution is 2.42. The lowest BCUT2D eigenvalue weighted by Gasteiger charge is -2.28. The zero-order valence-electron chi connectivity index (χ0n) is 18.4. The van der Waals surface area contributed by atoms with Crippen LogP contribution in [0.5, 0.6) is 0 Å². The van der Waals surface area contributed by atoms with Gasteiger partial charge in [0.25, 0.3) is 17.4 Å². The smallest absolute Gasteiger partial charge is 0.295 e. The number of rotatable bonds is 8. The summed E-state index contributed by atoms with van der Waals surface area (Å²) in [6, 6.07) is 11.9. The van der Waals surface area contributed by atoms with Crippen LogP contribution in [-0.2, 0) is 9.59 Å². The number of likely N-dealkylation sites (tertiary alicyclic amines) is 1. The van der Waals surface area contributed by atoms with Crippen LogP contribution >= 0.6 is 0 Å². The van der Waals surface area contributed by atoms with Gasteiger partial charge in [0.2, 0.25) is 0 Å². The molecule has 3 rings (SSSR count). The minimum absolute atomic E-state index is 0.132. The molecule has 0 bridgehead atoms. The second-order valence-electron chi connectivity index (χ2n) is 7.70. The molecule has 0 radical (unpaired) electrons. The van der Waals surface area contributed by atoms with E-state index in [1.54, 1.807) is 30.3 Å². The molecule has 8 heteroatoms. The molecule has 1 N–H and O–H groups in total. The molecular formula is C24H27N3O5. The maximum atomic E-state index is 13.1. The van der Waals surface area contributed by atoms with E-state index in [9.17, 15) is 24.8 Å². The van der Waals surface area contributed by atoms with Crippen molar-refractivity contribution in [3.8, 4) is 0 Å². The van der Waals surface area contributed by atoms with Gasteiger partial charge in [0.05, 0.1) is 22.1 Å². The first-order chi connectivity index (χ1) is 15.3. The third-order valence-corrected chi connectivity index (χ3v) is 5.84. The summed E-state index contributed by atoms with van der Waals surface area (Å²) in [6.45, 7) is 8.11. The fourth-order valence-electron chi connectivity index (χ4n) is 3.97. The predicted octanol–water partition coefficient (Wildman–Crippen LogP) is 3.67. The number of Topliss-reactive ketones (excluding diaryl/α,β-unsaturated/α-hetero) is 1. The first-order valence-electron chi connectivity index (χ1n) is 10.6. The first-order valence-corrected chi connectivity index (χ1v) is 10.6. The molecule has 1 saturated heterocycles. The topological polar surface area (TPSA) is 104 Å². The van der Waals surface area contributed by atoms with Gasteiger partial charge in [0.1, 0.15) is 5.76 Å². The summed E-state index contributed by atoms with van der Waals surface area (Å²) in [7, 11) is 0. The highest BCUT2D eigenvalue weighted by molar-refractivity contribution is 6.46. The molecule has 1 fully saturated rings. The normalized spacial score (nSPS) is 17.9. The Morgan fingerprint density at radius 1 is 1.09 bits per heavy atom. The van der Waals surface area contributed by atoms with Gasteiger partial charge in [-0.15, -0.1) is 0 Å². The summed E-state index contributed by atoms with van der Waals surface area (Å²) < 4.78 is 0. The SMILES string of the molecule is CCN(CC)CCN1C(=O)C(=O)/C(=C(\O)c2ccc(C)cc2)[C@H]1c1ccccc1[N+](=O)[O-]. The average molecular weight is 437 g/mol. The lowest BCUT2D eigenvalue weighted by molar-refractivity contribution is -0.385. The zero-order chi connectivity index (χ0) is 23.4. The van der Waals surface area contributed by atoms with Crippen LogP contribution in [0, 0.1) is 17.0 Å². The minimum Gasteiger partial charge on any atom is -0.507 e. The number of aryl methyl sites for hydroxylation is 1. The molecule has 0 unspecified atom stereocenters. The van der Waals surface area contributed by atoms with E-state index < -0.39 is 22.7 Å². The Morgan fingerprint density at radius 3 is 2.31 bits per heavy atom.